The van der Waals surface area contributed by atoms with Crippen molar-refractivity contribution in [2.75, 3.05) is 16.8 Å². The molecule has 0 saturated carbocycles. The second-order valence-electron chi connectivity index (χ2n) is 6.24. The molecule has 1 heterocycles. The number of nitriles is 1. The van der Waals surface area contributed by atoms with Crippen LogP contribution in [0, 0.1) is 11.3 Å². The number of nitrogens with zero attached hydrogens (tertiary/aromatic N) is 1. The monoisotopic (exact) mass is 412 g/mol. The lowest BCUT2D eigenvalue weighted by Gasteiger charge is -2.21. The molecule has 7 heteroatoms. The van der Waals surface area contributed by atoms with Gasteiger partial charge in [0.05, 0.1) is 21.4 Å². The van der Waals surface area contributed by atoms with Crippen LogP contribution in [-0.4, -0.2) is 29.5 Å². The van der Waals surface area contributed by atoms with E-state index >= 15 is 0 Å². The topological polar surface area (TPSA) is 79.2 Å². The lowest BCUT2D eigenvalue weighted by Crippen LogP contribution is -2.30. The van der Waals surface area contributed by atoms with Gasteiger partial charge < -0.3 is 10.1 Å². The highest BCUT2D eigenvalue weighted by molar-refractivity contribution is 8.16. The first kappa shape index (κ1) is 20.3. The van der Waals surface area contributed by atoms with Crippen LogP contribution in [0.25, 0.3) is 0 Å². The molecule has 1 N–H and O–H groups in total. The third kappa shape index (κ3) is 5.09. The molecule has 1 aliphatic heterocycles. The highest BCUT2D eigenvalue weighted by Gasteiger charge is 2.21. The molecule has 1 aliphatic rings. The minimum absolute atomic E-state index is 0.350. The molecule has 3 rings (SSSR count). The highest BCUT2D eigenvalue weighted by atomic mass is 32.2. The van der Waals surface area contributed by atoms with Crippen LogP contribution in [0.1, 0.15) is 39.4 Å². The van der Waals surface area contributed by atoms with Gasteiger partial charge in [0.1, 0.15) is 6.07 Å². The van der Waals surface area contributed by atoms with E-state index in [2.05, 4.69) is 5.32 Å². The van der Waals surface area contributed by atoms with Crippen molar-refractivity contribution in [1.29, 1.82) is 5.26 Å². The summed E-state index contributed by atoms with van der Waals surface area (Å²) in [5.41, 5.74) is 2.34. The minimum Gasteiger partial charge on any atom is -0.449 e. The van der Waals surface area contributed by atoms with Crippen molar-refractivity contribution in [3.8, 4) is 6.07 Å². The molecular weight excluding hydrogens is 392 g/mol. The van der Waals surface area contributed by atoms with Crippen LogP contribution in [0.2, 0.25) is 0 Å². The van der Waals surface area contributed by atoms with Crippen molar-refractivity contribution >= 4 is 41.1 Å². The zero-order valence-electron chi connectivity index (χ0n) is 15.4. The molecule has 1 saturated heterocycles. The van der Waals surface area contributed by atoms with Crippen LogP contribution in [0.5, 0.6) is 0 Å². The second kappa shape index (κ2) is 9.67. The van der Waals surface area contributed by atoms with Crippen molar-refractivity contribution in [1.82, 2.24) is 0 Å². The Morgan fingerprint density at radius 3 is 2.50 bits per heavy atom. The maximum Gasteiger partial charge on any atom is 0.338 e. The van der Waals surface area contributed by atoms with Gasteiger partial charge in [0, 0.05) is 0 Å². The van der Waals surface area contributed by atoms with Gasteiger partial charge in [0.2, 0.25) is 0 Å². The number of rotatable bonds is 5. The van der Waals surface area contributed by atoms with Crippen LogP contribution < -0.4 is 5.32 Å². The van der Waals surface area contributed by atoms with Gasteiger partial charge in [-0.15, -0.1) is 23.5 Å². The number of amides is 1. The predicted octanol–water partition coefficient (Wildman–Crippen LogP) is 4.61. The van der Waals surface area contributed by atoms with Crippen LogP contribution in [-0.2, 0) is 9.53 Å². The number of anilines is 1. The lowest BCUT2D eigenvalue weighted by molar-refractivity contribution is -0.123. The maximum atomic E-state index is 12.4. The number of carbonyl (C=O) groups excluding carboxylic acids is 2. The van der Waals surface area contributed by atoms with Crippen LogP contribution in [0.15, 0.2) is 48.5 Å². The fourth-order valence-corrected chi connectivity index (χ4v) is 5.56. The molecular formula is C21H20N2O3S2. The zero-order chi connectivity index (χ0) is 19.9. The molecule has 2 aromatic carbocycles. The summed E-state index contributed by atoms with van der Waals surface area (Å²) in [6.45, 7) is 1.51. The molecule has 2 aromatic rings. The fraction of sp³-hybridized carbons (Fsp3) is 0.286. The van der Waals surface area contributed by atoms with E-state index < -0.39 is 18.0 Å². The SMILES string of the molecule is C[C@H](OC(=O)c1ccc(C2SCCCS2)cc1)C(=O)Nc1ccccc1C#N. The normalized spacial score (nSPS) is 15.3. The molecule has 0 aromatic heterocycles. The second-order valence-corrected chi connectivity index (χ2v) is 8.97. The molecule has 0 aliphatic carbocycles. The Kier molecular flexibility index (Phi) is 7.01. The molecule has 1 amide bonds. The molecule has 5 nitrogen and oxygen atoms in total. The Hall–Kier alpha value is -2.43. The standard InChI is InChI=1S/C21H20N2O3S2/c1-14(19(24)23-18-6-3-2-5-17(18)13-22)26-20(25)15-7-9-16(10-8-15)21-27-11-4-12-28-21/h2-3,5-10,14,21H,4,11-12H2,1H3,(H,23,24)/t14-/m0/s1. The van der Waals surface area contributed by atoms with Gasteiger partial charge in [-0.05, 0) is 54.7 Å². The number of ether oxygens (including phenoxy) is 1. The molecule has 0 unspecified atom stereocenters. The molecule has 1 fully saturated rings. The van der Waals surface area contributed by atoms with Crippen LogP contribution >= 0.6 is 23.5 Å². The molecule has 28 heavy (non-hydrogen) atoms. The van der Waals surface area contributed by atoms with E-state index in [0.29, 0.717) is 21.4 Å². The summed E-state index contributed by atoms with van der Waals surface area (Å²) in [7, 11) is 0. The Morgan fingerprint density at radius 1 is 1.14 bits per heavy atom. The summed E-state index contributed by atoms with van der Waals surface area (Å²) in [5.74, 6) is 1.28. The molecule has 0 bridgehead atoms. The van der Waals surface area contributed by atoms with E-state index in [1.54, 1.807) is 36.4 Å². The summed E-state index contributed by atoms with van der Waals surface area (Å²) in [4.78, 5) is 24.7. The zero-order valence-corrected chi connectivity index (χ0v) is 17.0. The van der Waals surface area contributed by atoms with E-state index in [0.717, 1.165) is 11.5 Å². The first-order valence-corrected chi connectivity index (χ1v) is 11.0. The summed E-state index contributed by atoms with van der Waals surface area (Å²) in [6, 6.07) is 16.1. The summed E-state index contributed by atoms with van der Waals surface area (Å²) < 4.78 is 5.69. The first-order valence-electron chi connectivity index (χ1n) is 8.92. The van der Waals surface area contributed by atoms with Gasteiger partial charge in [-0.3, -0.25) is 4.79 Å². The average molecular weight is 413 g/mol. The third-order valence-corrected chi connectivity index (χ3v) is 7.22. The van der Waals surface area contributed by atoms with Crippen molar-refractivity contribution in [2.45, 2.75) is 24.0 Å². The number of thioether (sulfide) groups is 2. The Balaban J connectivity index is 1.59. The van der Waals surface area contributed by atoms with Crippen LogP contribution in [0.3, 0.4) is 0 Å². The fourth-order valence-electron chi connectivity index (χ4n) is 2.66. The van der Waals surface area contributed by atoms with E-state index in [-0.39, 0.29) is 0 Å². The number of hydrogen-bond donors (Lipinski definition) is 1. The van der Waals surface area contributed by atoms with E-state index in [4.69, 9.17) is 10.00 Å². The van der Waals surface area contributed by atoms with Gasteiger partial charge in [-0.2, -0.15) is 5.26 Å². The average Bonchev–Trinajstić information content (AvgIpc) is 2.74. The third-order valence-electron chi connectivity index (χ3n) is 4.20. The van der Waals surface area contributed by atoms with Gasteiger partial charge >= 0.3 is 5.97 Å². The Bertz CT molecular complexity index is 887. The van der Waals surface area contributed by atoms with Crippen molar-refractivity contribution < 1.29 is 14.3 Å². The Morgan fingerprint density at radius 2 is 1.82 bits per heavy atom. The summed E-state index contributed by atoms with van der Waals surface area (Å²) in [6.07, 6.45) is 0.248. The van der Waals surface area contributed by atoms with Crippen molar-refractivity contribution in [2.24, 2.45) is 0 Å². The van der Waals surface area contributed by atoms with Crippen molar-refractivity contribution in [3.63, 3.8) is 0 Å². The number of para-hydroxylation sites is 1. The number of carbonyl (C=O) groups is 2. The van der Waals surface area contributed by atoms with Crippen LogP contribution in [0.4, 0.5) is 5.69 Å². The minimum atomic E-state index is -0.983. The summed E-state index contributed by atoms with van der Waals surface area (Å²) >= 11 is 3.84. The summed E-state index contributed by atoms with van der Waals surface area (Å²) in [5, 5.41) is 11.7. The van der Waals surface area contributed by atoms with E-state index in [1.165, 1.54) is 18.9 Å². The lowest BCUT2D eigenvalue weighted by atomic mass is 10.1. The number of benzene rings is 2. The maximum absolute atomic E-state index is 12.4. The molecule has 0 spiro atoms. The Labute approximate surface area is 172 Å². The van der Waals surface area contributed by atoms with Gasteiger partial charge in [-0.25, -0.2) is 4.79 Å². The van der Waals surface area contributed by atoms with Crippen molar-refractivity contribution in [3.05, 3.63) is 65.2 Å². The van der Waals surface area contributed by atoms with E-state index in [9.17, 15) is 9.59 Å². The van der Waals surface area contributed by atoms with Gasteiger partial charge in [0.15, 0.2) is 6.10 Å². The number of hydrogen-bond acceptors (Lipinski definition) is 6. The molecule has 0 radical (unpaired) electrons. The smallest absolute Gasteiger partial charge is 0.338 e. The van der Waals surface area contributed by atoms with Gasteiger partial charge in [-0.1, -0.05) is 24.3 Å². The first-order chi connectivity index (χ1) is 13.6. The highest BCUT2D eigenvalue weighted by Crippen LogP contribution is 2.43. The molecule has 144 valence electrons. The quantitative estimate of drug-likeness (QED) is 0.723. The molecule has 1 atom stereocenters. The van der Waals surface area contributed by atoms with E-state index in [1.807, 2.05) is 41.7 Å². The number of nitrogens with one attached hydrogen (secondary N) is 1. The van der Waals surface area contributed by atoms with Gasteiger partial charge in [0.25, 0.3) is 5.91 Å². The predicted molar refractivity (Wildman–Crippen MR) is 113 cm³/mol. The number of esters is 1. The largest absolute Gasteiger partial charge is 0.449 e.